The second-order valence-corrected chi connectivity index (χ2v) is 10.3. The number of benzene rings is 2. The molecule has 1 aromatic heterocycles. The number of hydrogen-bond acceptors (Lipinski definition) is 5. The van der Waals surface area contributed by atoms with Gasteiger partial charge in [0.05, 0.1) is 12.6 Å². The van der Waals surface area contributed by atoms with Crippen LogP contribution in [0, 0.1) is 0 Å². The van der Waals surface area contributed by atoms with Crippen LogP contribution in [0.2, 0.25) is 0 Å². The number of rotatable bonds is 9. The van der Waals surface area contributed by atoms with Crippen LogP contribution in [-0.4, -0.2) is 69.5 Å². The number of aromatic amines is 1. The molecule has 1 saturated heterocycles. The maximum Gasteiger partial charge on any atom is 0.254 e. The normalized spacial score (nSPS) is 21.0. The van der Waals surface area contributed by atoms with Crippen molar-refractivity contribution in [1.29, 1.82) is 0 Å². The van der Waals surface area contributed by atoms with E-state index in [-0.39, 0.29) is 17.7 Å². The molecular formula is C30H36N4O3. The number of nitrogens with one attached hydrogen (secondary N) is 1. The predicted octanol–water partition coefficient (Wildman–Crippen LogP) is 4.80. The molecule has 7 heteroatoms. The van der Waals surface area contributed by atoms with Crippen molar-refractivity contribution >= 4 is 16.8 Å². The number of aromatic nitrogens is 1. The number of phenols is 1. The van der Waals surface area contributed by atoms with Gasteiger partial charge >= 0.3 is 0 Å². The van der Waals surface area contributed by atoms with Crippen LogP contribution in [0.3, 0.4) is 0 Å². The largest absolute Gasteiger partial charge is 0.508 e. The molecule has 2 N–H and O–H groups in total. The van der Waals surface area contributed by atoms with Crippen molar-refractivity contribution in [1.82, 2.24) is 19.7 Å². The van der Waals surface area contributed by atoms with Crippen molar-refractivity contribution < 1.29 is 14.6 Å². The van der Waals surface area contributed by atoms with Gasteiger partial charge < -0.3 is 24.6 Å². The number of carbonyl (C=O) groups is 1. The molecule has 5 rings (SSSR count). The van der Waals surface area contributed by atoms with Crippen LogP contribution in [0.25, 0.3) is 10.9 Å². The average molecular weight is 501 g/mol. The zero-order valence-electron chi connectivity index (χ0n) is 22.0. The summed E-state index contributed by atoms with van der Waals surface area (Å²) in [4.78, 5) is 23.9. The lowest BCUT2D eigenvalue weighted by molar-refractivity contribution is -0.133. The topological polar surface area (TPSA) is 72.0 Å². The maximum atomic E-state index is 14.1. The summed E-state index contributed by atoms with van der Waals surface area (Å²) in [5, 5.41) is 11.4. The Morgan fingerprint density at radius 3 is 2.84 bits per heavy atom. The van der Waals surface area contributed by atoms with Gasteiger partial charge in [-0.15, -0.1) is 6.58 Å². The molecule has 7 nitrogen and oxygen atoms in total. The number of fused-ring (bicyclic) bond motifs is 4. The Kier molecular flexibility index (Phi) is 6.50. The SMILES string of the molecule is C=CCN(C)CCCN1C(=C)N2[C@H](c3cccc(O)c3)c3[nH]c4ccc(OCC)cc4c3C[C@@]2(C)C1=O. The van der Waals surface area contributed by atoms with Crippen LogP contribution in [0.4, 0.5) is 0 Å². The number of carbonyl (C=O) groups excluding carboxylic acids is 1. The van der Waals surface area contributed by atoms with Crippen LogP contribution in [0.5, 0.6) is 11.5 Å². The minimum atomic E-state index is -0.802. The van der Waals surface area contributed by atoms with E-state index in [0.717, 1.165) is 53.0 Å². The van der Waals surface area contributed by atoms with Gasteiger partial charge in [0.15, 0.2) is 0 Å². The van der Waals surface area contributed by atoms with Crippen molar-refractivity contribution in [2.45, 2.75) is 38.3 Å². The van der Waals surface area contributed by atoms with Crippen LogP contribution < -0.4 is 4.74 Å². The molecule has 0 bridgehead atoms. The molecule has 1 amide bonds. The Morgan fingerprint density at radius 2 is 2.11 bits per heavy atom. The zero-order chi connectivity index (χ0) is 26.3. The molecule has 0 unspecified atom stereocenters. The minimum Gasteiger partial charge on any atom is -0.508 e. The summed E-state index contributed by atoms with van der Waals surface area (Å²) in [6.45, 7) is 15.1. The van der Waals surface area contributed by atoms with Crippen molar-refractivity contribution in [3.05, 3.63) is 84.3 Å². The van der Waals surface area contributed by atoms with E-state index < -0.39 is 5.54 Å². The second kappa shape index (κ2) is 9.63. The first-order valence-electron chi connectivity index (χ1n) is 12.9. The Balaban J connectivity index is 1.59. The Labute approximate surface area is 218 Å². The summed E-state index contributed by atoms with van der Waals surface area (Å²) in [7, 11) is 2.05. The van der Waals surface area contributed by atoms with Crippen molar-refractivity contribution in [2.24, 2.45) is 0 Å². The summed E-state index contributed by atoms with van der Waals surface area (Å²) >= 11 is 0. The summed E-state index contributed by atoms with van der Waals surface area (Å²) < 4.78 is 5.79. The summed E-state index contributed by atoms with van der Waals surface area (Å²) in [5.74, 6) is 1.77. The predicted molar refractivity (Wildman–Crippen MR) is 147 cm³/mol. The molecule has 0 saturated carbocycles. The van der Waals surface area contributed by atoms with Crippen LogP contribution in [0.1, 0.15) is 43.1 Å². The molecule has 2 aliphatic rings. The monoisotopic (exact) mass is 500 g/mol. The fourth-order valence-electron chi connectivity index (χ4n) is 5.97. The third-order valence-electron chi connectivity index (χ3n) is 7.65. The van der Waals surface area contributed by atoms with Crippen LogP contribution in [-0.2, 0) is 11.2 Å². The highest BCUT2D eigenvalue weighted by atomic mass is 16.5. The first kappa shape index (κ1) is 25.0. The number of phenolic OH excluding ortho intramolecular Hbond substituents is 1. The summed E-state index contributed by atoms with van der Waals surface area (Å²) in [6, 6.07) is 13.1. The lowest BCUT2D eigenvalue weighted by Gasteiger charge is -2.44. The molecular weight excluding hydrogens is 464 g/mol. The summed E-state index contributed by atoms with van der Waals surface area (Å²) in [6.07, 6.45) is 3.27. The minimum absolute atomic E-state index is 0.0648. The molecule has 194 valence electrons. The number of nitrogens with zero attached hydrogens (tertiary/aromatic N) is 3. The number of amides is 1. The van der Waals surface area contributed by atoms with Gasteiger partial charge in [0, 0.05) is 36.1 Å². The Hall–Kier alpha value is -3.71. The quantitative estimate of drug-likeness (QED) is 0.413. The van der Waals surface area contributed by atoms with E-state index in [1.165, 1.54) is 0 Å². The highest BCUT2D eigenvalue weighted by molar-refractivity contribution is 5.94. The van der Waals surface area contributed by atoms with Gasteiger partial charge in [-0.1, -0.05) is 24.8 Å². The summed E-state index contributed by atoms with van der Waals surface area (Å²) in [5.41, 5.74) is 3.24. The maximum absolute atomic E-state index is 14.1. The molecule has 37 heavy (non-hydrogen) atoms. The van der Waals surface area contributed by atoms with Gasteiger partial charge in [0.2, 0.25) is 0 Å². The fraction of sp³-hybridized carbons (Fsp3) is 0.367. The van der Waals surface area contributed by atoms with Crippen molar-refractivity contribution in [3.8, 4) is 11.5 Å². The third kappa shape index (κ3) is 4.17. The molecule has 2 atom stereocenters. The molecule has 0 spiro atoms. The first-order chi connectivity index (χ1) is 17.8. The number of H-pyrrole nitrogens is 1. The number of ether oxygens (including phenoxy) is 1. The van der Waals surface area contributed by atoms with E-state index >= 15 is 0 Å². The van der Waals surface area contributed by atoms with Crippen LogP contribution in [0.15, 0.2) is 67.5 Å². The molecule has 2 aliphatic heterocycles. The lowest BCUT2D eigenvalue weighted by Crippen LogP contribution is -2.52. The van der Waals surface area contributed by atoms with E-state index in [0.29, 0.717) is 25.4 Å². The smallest absolute Gasteiger partial charge is 0.254 e. The molecule has 0 radical (unpaired) electrons. The Bertz CT molecular complexity index is 1360. The van der Waals surface area contributed by atoms with Crippen LogP contribution >= 0.6 is 0 Å². The number of aromatic hydroxyl groups is 1. The van der Waals surface area contributed by atoms with Gasteiger partial charge in [-0.05, 0) is 75.3 Å². The lowest BCUT2D eigenvalue weighted by atomic mass is 9.81. The third-order valence-corrected chi connectivity index (χ3v) is 7.65. The fourth-order valence-corrected chi connectivity index (χ4v) is 5.97. The van der Waals surface area contributed by atoms with Gasteiger partial charge in [-0.25, -0.2) is 0 Å². The van der Waals surface area contributed by atoms with Crippen molar-refractivity contribution in [2.75, 3.05) is 33.3 Å². The second-order valence-electron chi connectivity index (χ2n) is 10.3. The van der Waals surface area contributed by atoms with E-state index in [4.69, 9.17) is 4.74 Å². The van der Waals surface area contributed by atoms with E-state index in [1.807, 2.05) is 49.1 Å². The van der Waals surface area contributed by atoms with Gasteiger partial charge in [-0.3, -0.25) is 9.69 Å². The molecule has 2 aromatic carbocycles. The standard InChI is InChI=1S/C30H36N4O3/c1-6-14-32(5)15-9-16-33-20(3)34-28(21-10-8-11-22(35)17-21)27-25(19-30(34,4)29(33)36)24-18-23(37-7-2)12-13-26(24)31-27/h6,8,10-13,17-18,28,31,35H,1,3,7,9,14-16,19H2,2,4-5H3/t28-,30+/m1/s1. The van der Waals surface area contributed by atoms with E-state index in [2.05, 4.69) is 41.1 Å². The Morgan fingerprint density at radius 1 is 1.30 bits per heavy atom. The van der Waals surface area contributed by atoms with E-state index in [9.17, 15) is 9.90 Å². The zero-order valence-corrected chi connectivity index (χ0v) is 22.0. The van der Waals surface area contributed by atoms with Crippen molar-refractivity contribution in [3.63, 3.8) is 0 Å². The van der Waals surface area contributed by atoms with Gasteiger partial charge in [0.1, 0.15) is 22.9 Å². The first-order valence-corrected chi connectivity index (χ1v) is 12.9. The van der Waals surface area contributed by atoms with Gasteiger partial charge in [-0.2, -0.15) is 0 Å². The van der Waals surface area contributed by atoms with Gasteiger partial charge in [0.25, 0.3) is 5.91 Å². The molecule has 0 aliphatic carbocycles. The molecule has 3 aromatic rings. The van der Waals surface area contributed by atoms with E-state index in [1.54, 1.807) is 12.1 Å². The molecule has 1 fully saturated rings. The molecule has 3 heterocycles. The number of likely N-dealkylation sites (N-methyl/N-ethyl adjacent to an activating group) is 1. The highest BCUT2D eigenvalue weighted by Crippen LogP contribution is 2.51. The number of hydrogen-bond donors (Lipinski definition) is 2. The highest BCUT2D eigenvalue weighted by Gasteiger charge is 2.57. The average Bonchev–Trinajstić information content (AvgIpc) is 3.30.